The van der Waals surface area contributed by atoms with E-state index < -0.39 is 112 Å². The van der Waals surface area contributed by atoms with Crippen molar-refractivity contribution in [2.24, 2.45) is 0 Å². The van der Waals surface area contributed by atoms with Gasteiger partial charge in [0.05, 0.1) is 19.8 Å². The summed E-state index contributed by atoms with van der Waals surface area (Å²) >= 11 is 0. The molecule has 1 unspecified atom stereocenters. The Labute approximate surface area is 192 Å². The van der Waals surface area contributed by atoms with Gasteiger partial charge in [0, 0.05) is 0 Å². The molecule has 0 radical (unpaired) electrons. The maximum atomic E-state index is 10.4. The molecule has 34 heavy (non-hydrogen) atoms. The molecule has 11 N–H and O–H groups in total. The second-order valence-corrected chi connectivity index (χ2v) is 8.37. The first-order chi connectivity index (χ1) is 16.0. The van der Waals surface area contributed by atoms with Crippen molar-refractivity contribution < 1.29 is 79.9 Å². The molecule has 16 nitrogen and oxygen atoms in total. The average molecular weight is 504 g/mol. The van der Waals surface area contributed by atoms with Crippen LogP contribution in [0, 0.1) is 0 Å². The quantitative estimate of drug-likeness (QED) is 0.154. The van der Waals surface area contributed by atoms with E-state index in [4.69, 9.17) is 23.7 Å². The van der Waals surface area contributed by atoms with Gasteiger partial charge in [-0.05, 0) is 0 Å². The topological polar surface area (TPSA) is 269 Å². The lowest BCUT2D eigenvalue weighted by molar-refractivity contribution is -0.363. The Bertz CT molecular complexity index is 637. The van der Waals surface area contributed by atoms with Crippen LogP contribution in [0.15, 0.2) is 0 Å². The van der Waals surface area contributed by atoms with Gasteiger partial charge in [0.15, 0.2) is 18.9 Å². The van der Waals surface area contributed by atoms with Crippen LogP contribution in [-0.2, 0) is 23.7 Å². The molecule has 200 valence electrons. The average Bonchev–Trinajstić information content (AvgIpc) is 2.82. The van der Waals surface area contributed by atoms with E-state index in [-0.39, 0.29) is 0 Å². The van der Waals surface area contributed by atoms with Crippen molar-refractivity contribution in [1.29, 1.82) is 0 Å². The molecule has 0 aromatic rings. The molecule has 0 amide bonds. The zero-order chi connectivity index (χ0) is 25.3. The number of rotatable bonds is 7. The highest BCUT2D eigenvalue weighted by Crippen LogP contribution is 2.30. The summed E-state index contributed by atoms with van der Waals surface area (Å²) in [5, 5.41) is 109. The molecule has 3 rings (SSSR count). The Morgan fingerprint density at radius 2 is 1.00 bits per heavy atom. The molecule has 3 fully saturated rings. The predicted octanol–water partition coefficient (Wildman–Crippen LogP) is -7.57. The maximum absolute atomic E-state index is 10.4. The minimum atomic E-state index is -1.91. The first-order valence-electron chi connectivity index (χ1n) is 10.6. The Kier molecular flexibility index (Phi) is 9.54. The number of hydrogen-bond donors (Lipinski definition) is 11. The first-order valence-corrected chi connectivity index (χ1v) is 10.6. The van der Waals surface area contributed by atoms with Crippen LogP contribution in [0.1, 0.15) is 0 Å². The van der Waals surface area contributed by atoms with E-state index in [0.29, 0.717) is 0 Å². The lowest BCUT2D eigenvalue weighted by Gasteiger charge is -2.46. The van der Waals surface area contributed by atoms with Crippen molar-refractivity contribution in [1.82, 2.24) is 0 Å². The molecule has 3 aliphatic heterocycles. The molecule has 0 bridgehead atoms. The minimum Gasteiger partial charge on any atom is -0.394 e. The van der Waals surface area contributed by atoms with Crippen LogP contribution in [0.25, 0.3) is 0 Å². The Hall–Kier alpha value is -0.640. The van der Waals surface area contributed by atoms with E-state index in [1.807, 2.05) is 0 Å². The number of aliphatic hydroxyl groups excluding tert-OH is 11. The first kappa shape index (κ1) is 27.9. The largest absolute Gasteiger partial charge is 0.394 e. The SMILES string of the molecule is OC[C@H]1O[C@@H](OC[C@H]2OC(O)[C@H](O)[C@@H](O)[C@@H]2O[C@H]2O[C@H](CO)[C@@H](O)[C@H](O)[C@H]2O)[C@H](O)[C@@H](O)[C@@H]1O. The van der Waals surface area contributed by atoms with Gasteiger partial charge in [-0.3, -0.25) is 0 Å². The number of ether oxygens (including phenoxy) is 5. The van der Waals surface area contributed by atoms with Gasteiger partial charge in [-0.25, -0.2) is 0 Å². The van der Waals surface area contributed by atoms with Gasteiger partial charge >= 0.3 is 0 Å². The maximum Gasteiger partial charge on any atom is 0.187 e. The van der Waals surface area contributed by atoms with E-state index in [9.17, 15) is 56.2 Å². The third-order valence-electron chi connectivity index (χ3n) is 6.07. The molecule has 0 saturated carbocycles. The van der Waals surface area contributed by atoms with Crippen molar-refractivity contribution in [3.05, 3.63) is 0 Å². The molecular formula is C18H32O16. The molecule has 15 atom stereocenters. The van der Waals surface area contributed by atoms with Crippen LogP contribution in [-0.4, -0.2) is 168 Å². The zero-order valence-electron chi connectivity index (χ0n) is 17.7. The molecule has 0 spiro atoms. The van der Waals surface area contributed by atoms with Crippen LogP contribution >= 0.6 is 0 Å². The summed E-state index contributed by atoms with van der Waals surface area (Å²) in [7, 11) is 0. The monoisotopic (exact) mass is 504 g/mol. The van der Waals surface area contributed by atoms with E-state index in [2.05, 4.69) is 0 Å². The van der Waals surface area contributed by atoms with Gasteiger partial charge in [-0.2, -0.15) is 0 Å². The van der Waals surface area contributed by atoms with Crippen molar-refractivity contribution in [3.8, 4) is 0 Å². The van der Waals surface area contributed by atoms with Crippen LogP contribution in [0.4, 0.5) is 0 Å². The van der Waals surface area contributed by atoms with Crippen molar-refractivity contribution >= 4 is 0 Å². The summed E-state index contributed by atoms with van der Waals surface area (Å²) < 4.78 is 26.4. The van der Waals surface area contributed by atoms with Crippen LogP contribution in [0.5, 0.6) is 0 Å². The molecule has 0 aromatic carbocycles. The van der Waals surface area contributed by atoms with Crippen molar-refractivity contribution in [3.63, 3.8) is 0 Å². The van der Waals surface area contributed by atoms with E-state index in [1.165, 1.54) is 0 Å². The lowest BCUT2D eigenvalue weighted by atomic mass is 9.97. The highest BCUT2D eigenvalue weighted by atomic mass is 16.7. The number of hydrogen-bond acceptors (Lipinski definition) is 16. The summed E-state index contributed by atoms with van der Waals surface area (Å²) in [5.41, 5.74) is 0. The van der Waals surface area contributed by atoms with Gasteiger partial charge in [0.1, 0.15) is 73.2 Å². The van der Waals surface area contributed by atoms with E-state index >= 15 is 0 Å². The van der Waals surface area contributed by atoms with Crippen molar-refractivity contribution in [2.45, 2.75) is 92.1 Å². The molecular weight excluding hydrogens is 472 g/mol. The fraction of sp³-hybridized carbons (Fsp3) is 1.00. The molecule has 0 aliphatic carbocycles. The van der Waals surface area contributed by atoms with Gasteiger partial charge in [-0.1, -0.05) is 0 Å². The molecule has 3 saturated heterocycles. The molecule has 3 aliphatic rings. The predicted molar refractivity (Wildman–Crippen MR) is 101 cm³/mol. The lowest BCUT2D eigenvalue weighted by Crippen LogP contribution is -2.65. The van der Waals surface area contributed by atoms with E-state index in [1.54, 1.807) is 0 Å². The fourth-order valence-electron chi connectivity index (χ4n) is 3.95. The van der Waals surface area contributed by atoms with Crippen LogP contribution < -0.4 is 0 Å². The highest BCUT2D eigenvalue weighted by Gasteiger charge is 2.51. The standard InChI is InChI=1S/C18H32O16/c19-1-4-7(21)9(23)13(27)17(32-4)30-3-6-15(11(25)12(26)16(29)31-6)34-18-14(28)10(24)8(22)5(2-20)33-18/h4-29H,1-3H2/t4-,5-,6-,7-,8-,9+,10+,11-,12-,13-,14-,15-,16?,17-,18-/m1/s1. The van der Waals surface area contributed by atoms with Gasteiger partial charge < -0.3 is 79.9 Å². The summed E-state index contributed by atoms with van der Waals surface area (Å²) in [4.78, 5) is 0. The summed E-state index contributed by atoms with van der Waals surface area (Å²) in [6.07, 6.45) is -25.0. The van der Waals surface area contributed by atoms with Crippen molar-refractivity contribution in [2.75, 3.05) is 19.8 Å². The Morgan fingerprint density at radius 1 is 0.500 bits per heavy atom. The zero-order valence-corrected chi connectivity index (χ0v) is 17.7. The van der Waals surface area contributed by atoms with E-state index in [0.717, 1.165) is 0 Å². The Morgan fingerprint density at radius 3 is 1.53 bits per heavy atom. The minimum absolute atomic E-state index is 0.619. The second-order valence-electron chi connectivity index (χ2n) is 8.37. The number of aliphatic hydroxyl groups is 11. The van der Waals surface area contributed by atoms with Gasteiger partial charge in [0.25, 0.3) is 0 Å². The molecule has 16 heteroatoms. The summed E-state index contributed by atoms with van der Waals surface area (Å²) in [5.74, 6) is 0. The molecule has 0 aromatic heterocycles. The second kappa shape index (κ2) is 11.6. The van der Waals surface area contributed by atoms with Gasteiger partial charge in [0.2, 0.25) is 0 Å². The van der Waals surface area contributed by atoms with Gasteiger partial charge in [-0.15, -0.1) is 0 Å². The molecule has 3 heterocycles. The third-order valence-corrected chi connectivity index (χ3v) is 6.07. The smallest absolute Gasteiger partial charge is 0.187 e. The Balaban J connectivity index is 1.72. The third kappa shape index (κ3) is 5.52. The summed E-state index contributed by atoms with van der Waals surface area (Å²) in [6.45, 7) is -2.08. The summed E-state index contributed by atoms with van der Waals surface area (Å²) in [6, 6.07) is 0. The normalized spacial score (nSPS) is 52.5. The van der Waals surface area contributed by atoms with Crippen LogP contribution in [0.3, 0.4) is 0 Å². The van der Waals surface area contributed by atoms with Crippen LogP contribution in [0.2, 0.25) is 0 Å². The fourth-order valence-corrected chi connectivity index (χ4v) is 3.95. The highest BCUT2D eigenvalue weighted by molar-refractivity contribution is 4.94.